The van der Waals surface area contributed by atoms with Crippen LogP contribution in [0.1, 0.15) is 36.0 Å². The molecule has 1 saturated carbocycles. The third kappa shape index (κ3) is 2.51. The maximum atomic E-state index is 13.4. The molecule has 0 radical (unpaired) electrons. The van der Waals surface area contributed by atoms with Crippen LogP contribution in [0.5, 0.6) is 5.75 Å². The number of amides is 1. The van der Waals surface area contributed by atoms with E-state index in [4.69, 9.17) is 4.74 Å². The molecule has 0 aromatic heterocycles. The van der Waals surface area contributed by atoms with Gasteiger partial charge >= 0.3 is 0 Å². The van der Waals surface area contributed by atoms with Gasteiger partial charge in [-0.25, -0.2) is 4.39 Å². The van der Waals surface area contributed by atoms with Crippen molar-refractivity contribution in [2.45, 2.75) is 25.7 Å². The van der Waals surface area contributed by atoms with Crippen molar-refractivity contribution in [1.29, 1.82) is 0 Å². The summed E-state index contributed by atoms with van der Waals surface area (Å²) in [5.41, 5.74) is 0.340. The van der Waals surface area contributed by atoms with E-state index in [9.17, 15) is 9.18 Å². The van der Waals surface area contributed by atoms with Crippen molar-refractivity contribution < 1.29 is 13.9 Å². The molecule has 1 amide bonds. The van der Waals surface area contributed by atoms with E-state index in [1.165, 1.54) is 51.0 Å². The Labute approximate surface area is 118 Å². The first-order valence-electron chi connectivity index (χ1n) is 7.30. The summed E-state index contributed by atoms with van der Waals surface area (Å²) in [7, 11) is 1.51. The molecular weight excluding hydrogens is 257 g/mol. The summed E-state index contributed by atoms with van der Waals surface area (Å²) in [5, 5.41) is 0. The topological polar surface area (TPSA) is 29.5 Å². The number of rotatable bonds is 2. The summed E-state index contributed by atoms with van der Waals surface area (Å²) in [6.45, 7) is 1.60. The van der Waals surface area contributed by atoms with Crippen LogP contribution in [0.15, 0.2) is 18.2 Å². The smallest absolute Gasteiger partial charge is 0.257 e. The third-order valence-electron chi connectivity index (χ3n) is 4.53. The van der Waals surface area contributed by atoms with E-state index in [0.29, 0.717) is 23.1 Å². The molecule has 3 nitrogen and oxygen atoms in total. The van der Waals surface area contributed by atoms with Gasteiger partial charge in [0, 0.05) is 13.1 Å². The molecule has 1 saturated heterocycles. The van der Waals surface area contributed by atoms with Crippen LogP contribution in [0.2, 0.25) is 0 Å². The fraction of sp³-hybridized carbons (Fsp3) is 0.562. The average molecular weight is 277 g/mol. The molecule has 1 aliphatic heterocycles. The number of hydrogen-bond donors (Lipinski definition) is 0. The molecule has 3 rings (SSSR count). The second-order valence-electron chi connectivity index (χ2n) is 5.95. The molecule has 1 aromatic carbocycles. The minimum absolute atomic E-state index is 0.0991. The van der Waals surface area contributed by atoms with Gasteiger partial charge in [0.25, 0.3) is 5.91 Å². The number of likely N-dealkylation sites (tertiary alicyclic amines) is 1. The Morgan fingerprint density at radius 1 is 1.30 bits per heavy atom. The van der Waals surface area contributed by atoms with Crippen LogP contribution in [-0.2, 0) is 0 Å². The second-order valence-corrected chi connectivity index (χ2v) is 5.95. The van der Waals surface area contributed by atoms with Crippen molar-refractivity contribution >= 4 is 5.91 Å². The van der Waals surface area contributed by atoms with E-state index < -0.39 is 5.82 Å². The van der Waals surface area contributed by atoms with E-state index >= 15 is 0 Å². The number of carbonyl (C=O) groups is 1. The van der Waals surface area contributed by atoms with Crippen molar-refractivity contribution in [2.24, 2.45) is 11.8 Å². The van der Waals surface area contributed by atoms with Gasteiger partial charge in [0.15, 0.2) is 0 Å². The zero-order chi connectivity index (χ0) is 14.1. The molecule has 1 heterocycles. The van der Waals surface area contributed by atoms with Gasteiger partial charge in [0.1, 0.15) is 11.6 Å². The highest BCUT2D eigenvalue weighted by molar-refractivity contribution is 5.97. The lowest BCUT2D eigenvalue weighted by molar-refractivity contribution is 0.0501. The minimum Gasteiger partial charge on any atom is -0.496 e. The Morgan fingerprint density at radius 2 is 2.00 bits per heavy atom. The van der Waals surface area contributed by atoms with Crippen molar-refractivity contribution in [2.75, 3.05) is 20.2 Å². The summed E-state index contributed by atoms with van der Waals surface area (Å²) in [6.07, 6.45) is 4.94. The van der Waals surface area contributed by atoms with Crippen LogP contribution in [-0.4, -0.2) is 31.0 Å². The number of fused-ring (bicyclic) bond motifs is 2. The van der Waals surface area contributed by atoms with Gasteiger partial charge in [-0.2, -0.15) is 0 Å². The maximum Gasteiger partial charge on any atom is 0.257 e. The van der Waals surface area contributed by atoms with Gasteiger partial charge in [-0.15, -0.1) is 0 Å². The zero-order valence-electron chi connectivity index (χ0n) is 11.8. The van der Waals surface area contributed by atoms with Crippen LogP contribution in [0.3, 0.4) is 0 Å². The van der Waals surface area contributed by atoms with Crippen LogP contribution >= 0.6 is 0 Å². The standard InChI is InChI=1S/C16H20FNO2/c1-20-15-6-5-13(17)8-14(15)16(19)18-9-11-3-2-4-12(7-11)10-18/h5-6,8,11-12H,2-4,7,9-10H2,1H3/t11-,12-/m1/s1. The highest BCUT2D eigenvalue weighted by atomic mass is 19.1. The van der Waals surface area contributed by atoms with Gasteiger partial charge in [-0.1, -0.05) is 6.42 Å². The first-order chi connectivity index (χ1) is 9.67. The number of hydrogen-bond acceptors (Lipinski definition) is 2. The molecule has 2 bridgehead atoms. The lowest BCUT2D eigenvalue weighted by atomic mass is 9.78. The highest BCUT2D eigenvalue weighted by Crippen LogP contribution is 2.35. The number of methoxy groups -OCH3 is 1. The number of carbonyl (C=O) groups excluding carboxylic acids is 1. The molecule has 4 heteroatoms. The molecule has 2 fully saturated rings. The summed E-state index contributed by atoms with van der Waals surface area (Å²) >= 11 is 0. The van der Waals surface area contributed by atoms with E-state index in [0.717, 1.165) is 13.1 Å². The van der Waals surface area contributed by atoms with Crippen molar-refractivity contribution in [1.82, 2.24) is 4.90 Å². The molecule has 108 valence electrons. The molecular formula is C16H20FNO2. The Bertz CT molecular complexity index is 505. The quantitative estimate of drug-likeness (QED) is 0.831. The fourth-order valence-corrected chi connectivity index (χ4v) is 3.62. The van der Waals surface area contributed by atoms with E-state index in [1.807, 2.05) is 4.90 Å². The van der Waals surface area contributed by atoms with Crippen molar-refractivity contribution in [3.8, 4) is 5.75 Å². The number of ether oxygens (including phenoxy) is 1. The average Bonchev–Trinajstić information content (AvgIpc) is 2.46. The largest absolute Gasteiger partial charge is 0.496 e. The van der Waals surface area contributed by atoms with Gasteiger partial charge in [0.2, 0.25) is 0 Å². The summed E-state index contributed by atoms with van der Waals surface area (Å²) in [5.74, 6) is 1.19. The van der Waals surface area contributed by atoms with Crippen molar-refractivity contribution in [3.63, 3.8) is 0 Å². The minimum atomic E-state index is -0.397. The molecule has 20 heavy (non-hydrogen) atoms. The maximum absolute atomic E-state index is 13.4. The molecule has 1 aromatic rings. The van der Waals surface area contributed by atoms with Crippen LogP contribution < -0.4 is 4.74 Å². The lowest BCUT2D eigenvalue weighted by Crippen LogP contribution is -2.45. The Balaban J connectivity index is 1.83. The molecule has 2 aliphatic rings. The number of nitrogens with zero attached hydrogens (tertiary/aromatic N) is 1. The summed E-state index contributed by atoms with van der Waals surface area (Å²) in [6, 6.07) is 4.12. The predicted octanol–water partition coefficient (Wildman–Crippen LogP) is 3.10. The highest BCUT2D eigenvalue weighted by Gasteiger charge is 2.33. The van der Waals surface area contributed by atoms with Crippen molar-refractivity contribution in [3.05, 3.63) is 29.6 Å². The summed E-state index contributed by atoms with van der Waals surface area (Å²) in [4.78, 5) is 14.5. The SMILES string of the molecule is COc1ccc(F)cc1C(=O)N1C[C@@H]2CCC[C@H](C2)C1. The fourth-order valence-electron chi connectivity index (χ4n) is 3.62. The predicted molar refractivity (Wildman–Crippen MR) is 74.3 cm³/mol. The summed E-state index contributed by atoms with van der Waals surface area (Å²) < 4.78 is 18.6. The molecule has 1 aliphatic carbocycles. The number of benzene rings is 1. The second kappa shape index (κ2) is 5.43. The number of piperidine rings is 1. The number of halogens is 1. The monoisotopic (exact) mass is 277 g/mol. The van der Waals surface area contributed by atoms with Gasteiger partial charge < -0.3 is 9.64 Å². The van der Waals surface area contributed by atoms with E-state index in [1.54, 1.807) is 0 Å². The van der Waals surface area contributed by atoms with Gasteiger partial charge in [-0.05, 0) is 49.3 Å². The van der Waals surface area contributed by atoms with Crippen LogP contribution in [0, 0.1) is 17.7 Å². The first-order valence-corrected chi connectivity index (χ1v) is 7.30. The normalized spacial score (nSPS) is 25.4. The molecule has 2 atom stereocenters. The van der Waals surface area contributed by atoms with E-state index in [-0.39, 0.29) is 5.91 Å². The Morgan fingerprint density at radius 3 is 2.65 bits per heavy atom. The first kappa shape index (κ1) is 13.4. The van der Waals surface area contributed by atoms with Crippen LogP contribution in [0.4, 0.5) is 4.39 Å². The Kier molecular flexibility index (Phi) is 3.64. The van der Waals surface area contributed by atoms with Gasteiger partial charge in [0.05, 0.1) is 12.7 Å². The van der Waals surface area contributed by atoms with Gasteiger partial charge in [-0.3, -0.25) is 4.79 Å². The molecule has 0 N–H and O–H groups in total. The third-order valence-corrected chi connectivity index (χ3v) is 4.53. The molecule has 0 spiro atoms. The lowest BCUT2D eigenvalue weighted by Gasteiger charge is -2.41. The van der Waals surface area contributed by atoms with Crippen LogP contribution in [0.25, 0.3) is 0 Å². The molecule has 0 unspecified atom stereocenters. The van der Waals surface area contributed by atoms with E-state index in [2.05, 4.69) is 0 Å². The zero-order valence-corrected chi connectivity index (χ0v) is 11.8. The Hall–Kier alpha value is -1.58.